The number of carbonyl (C=O) groups excluding carboxylic acids is 1. The van der Waals surface area contributed by atoms with E-state index in [2.05, 4.69) is 5.32 Å². The zero-order valence-corrected chi connectivity index (χ0v) is 16.9. The summed E-state index contributed by atoms with van der Waals surface area (Å²) in [6.07, 6.45) is 0.511. The third kappa shape index (κ3) is 5.68. The highest BCUT2D eigenvalue weighted by atomic mass is 16.7. The first-order valence-electron chi connectivity index (χ1n) is 9.24. The summed E-state index contributed by atoms with van der Waals surface area (Å²) in [7, 11) is 0.917. The van der Waals surface area contributed by atoms with Crippen molar-refractivity contribution in [2.75, 3.05) is 20.3 Å². The molecular weight excluding hydrogens is 347 g/mol. The van der Waals surface area contributed by atoms with E-state index in [9.17, 15) is 4.79 Å². The van der Waals surface area contributed by atoms with Gasteiger partial charge in [0.15, 0.2) is 0 Å². The summed E-state index contributed by atoms with van der Waals surface area (Å²) in [4.78, 5) is 12.4. The fourth-order valence-electron chi connectivity index (χ4n) is 2.69. The molecule has 3 N–H and O–H groups in total. The highest BCUT2D eigenvalue weighted by molar-refractivity contribution is 6.48. The molecule has 0 aliphatic carbocycles. The molecule has 1 aliphatic heterocycles. The molecule has 7 nitrogen and oxygen atoms in total. The van der Waals surface area contributed by atoms with Crippen LogP contribution in [0.25, 0.3) is 0 Å². The average Bonchev–Trinajstić information content (AvgIpc) is 2.82. The lowest BCUT2D eigenvalue weighted by Gasteiger charge is -2.32. The van der Waals surface area contributed by atoms with Crippen molar-refractivity contribution in [1.82, 2.24) is 5.32 Å². The molecule has 1 fully saturated rings. The highest BCUT2D eigenvalue weighted by Crippen LogP contribution is 2.37. The molecule has 0 saturated carbocycles. The SMILES string of the molecule is COC[C@@H](N)C(=O)N[C@@H](CCOc1ccccc1)B1OC(C)(C)C(C)(C)O1. The van der Waals surface area contributed by atoms with Crippen molar-refractivity contribution in [3.8, 4) is 5.75 Å². The van der Waals surface area contributed by atoms with E-state index < -0.39 is 30.3 Å². The van der Waals surface area contributed by atoms with E-state index in [1.54, 1.807) is 0 Å². The molecule has 0 bridgehead atoms. The maximum Gasteiger partial charge on any atom is 0.481 e. The van der Waals surface area contributed by atoms with E-state index in [1.807, 2.05) is 58.0 Å². The van der Waals surface area contributed by atoms with Gasteiger partial charge in [0.2, 0.25) is 5.91 Å². The van der Waals surface area contributed by atoms with Crippen molar-refractivity contribution in [2.45, 2.75) is 57.3 Å². The first-order chi connectivity index (χ1) is 12.7. The van der Waals surface area contributed by atoms with E-state index in [0.717, 1.165) is 5.75 Å². The number of benzene rings is 1. The fourth-order valence-corrected chi connectivity index (χ4v) is 2.69. The van der Waals surface area contributed by atoms with E-state index in [0.29, 0.717) is 13.0 Å². The van der Waals surface area contributed by atoms with Gasteiger partial charge in [-0.2, -0.15) is 0 Å². The lowest BCUT2D eigenvalue weighted by Crippen LogP contribution is -2.54. The Hall–Kier alpha value is -1.61. The van der Waals surface area contributed by atoms with Gasteiger partial charge in [0, 0.05) is 13.5 Å². The molecule has 8 heteroatoms. The van der Waals surface area contributed by atoms with Gasteiger partial charge >= 0.3 is 7.12 Å². The number of methoxy groups -OCH3 is 1. The van der Waals surface area contributed by atoms with E-state index >= 15 is 0 Å². The van der Waals surface area contributed by atoms with Crippen LogP contribution in [0.1, 0.15) is 34.1 Å². The zero-order chi connectivity index (χ0) is 20.1. The van der Waals surface area contributed by atoms with Gasteiger partial charge in [-0.1, -0.05) is 18.2 Å². The molecule has 0 spiro atoms. The van der Waals surface area contributed by atoms with E-state index in [-0.39, 0.29) is 12.5 Å². The maximum atomic E-state index is 12.4. The van der Waals surface area contributed by atoms with Crippen LogP contribution in [0.4, 0.5) is 0 Å². The van der Waals surface area contributed by atoms with Gasteiger partial charge in [0.1, 0.15) is 11.8 Å². The van der Waals surface area contributed by atoms with Gasteiger partial charge in [-0.15, -0.1) is 0 Å². The topological polar surface area (TPSA) is 92.0 Å². The Bertz CT molecular complexity index is 595. The first-order valence-corrected chi connectivity index (χ1v) is 9.24. The molecule has 1 aromatic rings. The Labute approximate surface area is 162 Å². The number of ether oxygens (including phenoxy) is 2. The van der Waals surface area contributed by atoms with Crippen molar-refractivity contribution in [2.24, 2.45) is 5.73 Å². The summed E-state index contributed by atoms with van der Waals surface area (Å²) >= 11 is 0. The maximum absolute atomic E-state index is 12.4. The molecule has 2 atom stereocenters. The Kier molecular flexibility index (Phi) is 7.28. The second kappa shape index (κ2) is 9.06. The van der Waals surface area contributed by atoms with Gasteiger partial charge in [0.05, 0.1) is 30.4 Å². The molecule has 1 aliphatic rings. The van der Waals surface area contributed by atoms with Crippen LogP contribution in [-0.4, -0.2) is 56.5 Å². The Balaban J connectivity index is 2.03. The predicted octanol–water partition coefficient (Wildman–Crippen LogP) is 1.55. The smallest absolute Gasteiger partial charge is 0.481 e. The number of hydrogen-bond acceptors (Lipinski definition) is 6. The first kappa shape index (κ1) is 21.7. The molecule has 1 saturated heterocycles. The molecule has 0 unspecified atom stereocenters. The summed E-state index contributed by atoms with van der Waals surface area (Å²) in [5.41, 5.74) is 4.87. The van der Waals surface area contributed by atoms with Crippen molar-refractivity contribution in [3.05, 3.63) is 30.3 Å². The number of amides is 1. The predicted molar refractivity (Wildman–Crippen MR) is 104 cm³/mol. The van der Waals surface area contributed by atoms with Gasteiger partial charge in [-0.25, -0.2) is 0 Å². The standard InChI is InChI=1S/C19H31BN2O5/c1-18(2)19(3,4)27-20(26-18)16(22-17(23)15(21)13-24-5)11-12-25-14-9-7-6-8-10-14/h6-10,15-16H,11-13,21H2,1-5H3,(H,22,23)/t15-,16+/m1/s1. The summed E-state index contributed by atoms with van der Waals surface area (Å²) in [6, 6.07) is 8.76. The lowest BCUT2D eigenvalue weighted by molar-refractivity contribution is -0.123. The minimum absolute atomic E-state index is 0.141. The van der Waals surface area contributed by atoms with E-state index in [4.69, 9.17) is 24.5 Å². The van der Waals surface area contributed by atoms with Crippen LogP contribution in [0.5, 0.6) is 5.75 Å². The molecular formula is C19H31BN2O5. The van der Waals surface area contributed by atoms with Crippen molar-refractivity contribution in [1.29, 1.82) is 0 Å². The number of nitrogens with one attached hydrogen (secondary N) is 1. The fraction of sp³-hybridized carbons (Fsp3) is 0.632. The number of nitrogens with two attached hydrogens (primary N) is 1. The zero-order valence-electron chi connectivity index (χ0n) is 16.9. The molecule has 0 radical (unpaired) electrons. The monoisotopic (exact) mass is 378 g/mol. The highest BCUT2D eigenvalue weighted by Gasteiger charge is 2.54. The third-order valence-electron chi connectivity index (χ3n) is 5.05. The largest absolute Gasteiger partial charge is 0.494 e. The molecule has 0 aromatic heterocycles. The van der Waals surface area contributed by atoms with Crippen LogP contribution < -0.4 is 15.8 Å². The quantitative estimate of drug-likeness (QED) is 0.634. The van der Waals surface area contributed by atoms with Crippen LogP contribution >= 0.6 is 0 Å². The lowest BCUT2D eigenvalue weighted by atomic mass is 9.76. The van der Waals surface area contributed by atoms with Gasteiger partial charge in [0.25, 0.3) is 0 Å². The number of para-hydroxylation sites is 1. The Morgan fingerprint density at radius 3 is 2.33 bits per heavy atom. The van der Waals surface area contributed by atoms with Crippen molar-refractivity contribution >= 4 is 13.0 Å². The van der Waals surface area contributed by atoms with Crippen LogP contribution in [0.3, 0.4) is 0 Å². The van der Waals surface area contributed by atoms with Gasteiger partial charge in [-0.05, 0) is 39.8 Å². The summed E-state index contributed by atoms with van der Waals surface area (Å²) < 4.78 is 22.9. The van der Waals surface area contributed by atoms with Crippen molar-refractivity contribution in [3.63, 3.8) is 0 Å². The van der Waals surface area contributed by atoms with Crippen LogP contribution in [0.15, 0.2) is 30.3 Å². The average molecular weight is 378 g/mol. The van der Waals surface area contributed by atoms with Gasteiger partial charge in [-0.3, -0.25) is 4.79 Å². The molecule has 1 heterocycles. The van der Waals surface area contributed by atoms with Gasteiger partial charge < -0.3 is 29.8 Å². The van der Waals surface area contributed by atoms with Crippen LogP contribution in [0.2, 0.25) is 0 Å². The number of carbonyl (C=O) groups is 1. The normalized spacial score (nSPS) is 20.1. The minimum Gasteiger partial charge on any atom is -0.494 e. The molecule has 150 valence electrons. The Morgan fingerprint density at radius 1 is 1.19 bits per heavy atom. The Morgan fingerprint density at radius 2 is 1.78 bits per heavy atom. The number of hydrogen-bond donors (Lipinski definition) is 2. The number of rotatable bonds is 9. The molecule has 1 amide bonds. The molecule has 2 rings (SSSR count). The van der Waals surface area contributed by atoms with E-state index in [1.165, 1.54) is 7.11 Å². The molecule has 1 aromatic carbocycles. The minimum atomic E-state index is -0.755. The summed E-state index contributed by atoms with van der Waals surface area (Å²) in [5, 5.41) is 2.93. The second-order valence-corrected chi connectivity index (χ2v) is 7.75. The summed E-state index contributed by atoms with van der Waals surface area (Å²) in [5.74, 6) is 0.0639. The third-order valence-corrected chi connectivity index (χ3v) is 5.05. The summed E-state index contributed by atoms with van der Waals surface area (Å²) in [6.45, 7) is 8.44. The van der Waals surface area contributed by atoms with Crippen LogP contribution in [-0.2, 0) is 18.8 Å². The second-order valence-electron chi connectivity index (χ2n) is 7.75. The van der Waals surface area contributed by atoms with Crippen molar-refractivity contribution < 1.29 is 23.6 Å². The van der Waals surface area contributed by atoms with Crippen LogP contribution in [0, 0.1) is 0 Å². The molecule has 27 heavy (non-hydrogen) atoms.